The van der Waals surface area contributed by atoms with Crippen LogP contribution in [-0.2, 0) is 11.3 Å². The Balaban J connectivity index is 1.21. The van der Waals surface area contributed by atoms with E-state index in [-0.39, 0.29) is 11.8 Å². The molecule has 4 aromatic rings. The molecule has 1 aliphatic rings. The van der Waals surface area contributed by atoms with E-state index in [4.69, 9.17) is 0 Å². The van der Waals surface area contributed by atoms with Crippen molar-refractivity contribution in [3.8, 4) is 5.69 Å². The maximum atomic E-state index is 12.1. The summed E-state index contributed by atoms with van der Waals surface area (Å²) in [6.45, 7) is 9.16. The Morgan fingerprint density at radius 1 is 0.971 bits per heavy atom. The van der Waals surface area contributed by atoms with E-state index in [9.17, 15) is 4.79 Å². The van der Waals surface area contributed by atoms with Crippen LogP contribution >= 0.6 is 0 Å². The zero-order chi connectivity index (χ0) is 24.4. The molecule has 1 fully saturated rings. The van der Waals surface area contributed by atoms with Crippen LogP contribution in [0.25, 0.3) is 16.6 Å². The molecule has 3 aromatic carbocycles. The van der Waals surface area contributed by atoms with Crippen molar-refractivity contribution in [1.82, 2.24) is 9.47 Å². The molecule has 5 rings (SSSR count). The van der Waals surface area contributed by atoms with Gasteiger partial charge in [0.15, 0.2) is 0 Å². The highest BCUT2D eigenvalue weighted by atomic mass is 16.1. The van der Waals surface area contributed by atoms with E-state index in [1.807, 2.05) is 19.9 Å². The fourth-order valence-corrected chi connectivity index (χ4v) is 5.13. The largest absolute Gasteiger partial charge is 0.326 e. The van der Waals surface area contributed by atoms with Crippen LogP contribution < -0.4 is 5.32 Å². The number of piperidine rings is 1. The molecule has 1 amide bonds. The number of nitrogens with one attached hydrogen (secondary N) is 1. The van der Waals surface area contributed by atoms with Crippen molar-refractivity contribution in [3.05, 3.63) is 95.7 Å². The molecule has 1 saturated heterocycles. The average molecular weight is 466 g/mol. The zero-order valence-electron chi connectivity index (χ0n) is 21.0. The van der Waals surface area contributed by atoms with Gasteiger partial charge in [-0.15, -0.1) is 0 Å². The van der Waals surface area contributed by atoms with E-state index in [0.717, 1.165) is 38.2 Å². The molecule has 2 heterocycles. The lowest BCUT2D eigenvalue weighted by atomic mass is 9.89. The molecule has 0 unspecified atom stereocenters. The van der Waals surface area contributed by atoms with Gasteiger partial charge in [-0.3, -0.25) is 9.69 Å². The van der Waals surface area contributed by atoms with Gasteiger partial charge in [-0.2, -0.15) is 0 Å². The van der Waals surface area contributed by atoms with Gasteiger partial charge in [-0.1, -0.05) is 44.2 Å². The highest BCUT2D eigenvalue weighted by molar-refractivity contribution is 5.92. The number of carbonyl (C=O) groups is 1. The van der Waals surface area contributed by atoms with Gasteiger partial charge in [-0.05, 0) is 97.9 Å². The minimum atomic E-state index is -0.0118. The Morgan fingerprint density at radius 3 is 2.54 bits per heavy atom. The molecule has 4 nitrogen and oxygen atoms in total. The summed E-state index contributed by atoms with van der Waals surface area (Å²) in [6, 6.07) is 26.2. The predicted molar refractivity (Wildman–Crippen MR) is 145 cm³/mol. The third-order valence-electron chi connectivity index (χ3n) is 7.18. The van der Waals surface area contributed by atoms with Crippen LogP contribution in [0.4, 0.5) is 5.69 Å². The van der Waals surface area contributed by atoms with E-state index in [0.29, 0.717) is 5.92 Å². The van der Waals surface area contributed by atoms with Gasteiger partial charge in [0.25, 0.3) is 0 Å². The van der Waals surface area contributed by atoms with Crippen molar-refractivity contribution in [2.45, 2.75) is 46.1 Å². The van der Waals surface area contributed by atoms with Crippen LogP contribution in [-0.4, -0.2) is 28.5 Å². The number of rotatable bonds is 6. The van der Waals surface area contributed by atoms with Gasteiger partial charge in [0, 0.05) is 35.4 Å². The molecule has 1 aromatic heterocycles. The van der Waals surface area contributed by atoms with E-state index >= 15 is 0 Å². The lowest BCUT2D eigenvalue weighted by Crippen LogP contribution is -2.32. The zero-order valence-corrected chi connectivity index (χ0v) is 21.0. The van der Waals surface area contributed by atoms with Crippen molar-refractivity contribution in [2.75, 3.05) is 18.4 Å². The number of amides is 1. The van der Waals surface area contributed by atoms with Crippen LogP contribution in [0.5, 0.6) is 0 Å². The molecular weight excluding hydrogens is 430 g/mol. The number of anilines is 1. The van der Waals surface area contributed by atoms with E-state index in [1.54, 1.807) is 0 Å². The number of aromatic nitrogens is 1. The molecule has 0 bridgehead atoms. The quantitative estimate of drug-likeness (QED) is 0.336. The molecule has 0 radical (unpaired) electrons. The summed E-state index contributed by atoms with van der Waals surface area (Å²) in [4.78, 5) is 14.6. The first-order valence-corrected chi connectivity index (χ1v) is 12.8. The fraction of sp³-hybridized carbons (Fsp3) is 0.323. The molecule has 1 N–H and O–H groups in total. The first-order chi connectivity index (χ1) is 17.0. The number of likely N-dealkylation sites (tertiary alicyclic amines) is 1. The summed E-state index contributed by atoms with van der Waals surface area (Å²) in [5, 5.41) is 4.33. The number of aryl methyl sites for hydroxylation is 1. The second kappa shape index (κ2) is 10.1. The number of benzene rings is 3. The number of hydrogen-bond donors (Lipinski definition) is 1. The molecule has 1 aliphatic heterocycles. The monoisotopic (exact) mass is 465 g/mol. The number of carbonyl (C=O) groups excluding carboxylic acids is 1. The lowest BCUT2D eigenvalue weighted by Gasteiger charge is -2.32. The molecule has 35 heavy (non-hydrogen) atoms. The standard InChI is InChI=1S/C31H35N3O/c1-22(2)31(35)32-28-8-5-7-26(20-28)25-12-15-33(16-13-25)21-24-10-11-30-27(19-24)14-17-34(30)29-9-4-6-23(3)18-29/h4-11,14,17-20,22,25H,12-13,15-16,21H2,1-3H3,(H,32,35). The number of fused-ring (bicyclic) bond motifs is 1. The topological polar surface area (TPSA) is 37.3 Å². The van der Waals surface area contributed by atoms with Crippen LogP contribution in [0.15, 0.2) is 79.0 Å². The van der Waals surface area contributed by atoms with Crippen molar-refractivity contribution in [2.24, 2.45) is 5.92 Å². The molecule has 0 saturated carbocycles. The third kappa shape index (κ3) is 5.33. The summed E-state index contributed by atoms with van der Waals surface area (Å²) in [7, 11) is 0. The van der Waals surface area contributed by atoms with Crippen LogP contribution in [0.2, 0.25) is 0 Å². The normalized spacial score (nSPS) is 15.1. The summed E-state index contributed by atoms with van der Waals surface area (Å²) in [5.41, 5.74) is 7.36. The second-order valence-corrected chi connectivity index (χ2v) is 10.2. The Bertz CT molecular complexity index is 1330. The minimum Gasteiger partial charge on any atom is -0.326 e. The van der Waals surface area contributed by atoms with Gasteiger partial charge in [0.05, 0.1) is 5.52 Å². The molecular formula is C31H35N3O. The number of hydrogen-bond acceptors (Lipinski definition) is 2. The van der Waals surface area contributed by atoms with E-state index in [1.165, 1.54) is 33.3 Å². The molecule has 180 valence electrons. The first-order valence-electron chi connectivity index (χ1n) is 12.8. The van der Waals surface area contributed by atoms with Crippen molar-refractivity contribution in [3.63, 3.8) is 0 Å². The van der Waals surface area contributed by atoms with Crippen molar-refractivity contribution in [1.29, 1.82) is 0 Å². The average Bonchev–Trinajstić information content (AvgIpc) is 3.28. The summed E-state index contributed by atoms with van der Waals surface area (Å²) < 4.78 is 2.27. The van der Waals surface area contributed by atoms with Gasteiger partial charge < -0.3 is 9.88 Å². The third-order valence-corrected chi connectivity index (χ3v) is 7.18. The summed E-state index contributed by atoms with van der Waals surface area (Å²) in [5.74, 6) is 0.610. The first kappa shape index (κ1) is 23.4. The molecule has 0 spiro atoms. The van der Waals surface area contributed by atoms with Crippen molar-refractivity contribution >= 4 is 22.5 Å². The van der Waals surface area contributed by atoms with Crippen LogP contribution in [0, 0.1) is 12.8 Å². The highest BCUT2D eigenvalue weighted by Gasteiger charge is 2.21. The Kier molecular flexibility index (Phi) is 6.74. The highest BCUT2D eigenvalue weighted by Crippen LogP contribution is 2.31. The predicted octanol–water partition coefficient (Wildman–Crippen LogP) is 6.91. The molecule has 0 aliphatic carbocycles. The maximum Gasteiger partial charge on any atom is 0.226 e. The second-order valence-electron chi connectivity index (χ2n) is 10.2. The SMILES string of the molecule is Cc1cccc(-n2ccc3cc(CN4CCC(c5cccc(NC(=O)C(C)C)c5)CC4)ccc32)c1. The molecule has 4 heteroatoms. The van der Waals surface area contributed by atoms with Crippen molar-refractivity contribution < 1.29 is 4.79 Å². The van der Waals surface area contributed by atoms with Crippen LogP contribution in [0.3, 0.4) is 0 Å². The Morgan fingerprint density at radius 2 is 1.77 bits per heavy atom. The summed E-state index contributed by atoms with van der Waals surface area (Å²) >= 11 is 0. The Labute approximate surface area is 208 Å². The number of nitrogens with zero attached hydrogens (tertiary/aromatic N) is 2. The van der Waals surface area contributed by atoms with Gasteiger partial charge in [0.1, 0.15) is 0 Å². The fourth-order valence-electron chi connectivity index (χ4n) is 5.13. The molecule has 0 atom stereocenters. The van der Waals surface area contributed by atoms with Gasteiger partial charge in [-0.25, -0.2) is 0 Å². The summed E-state index contributed by atoms with van der Waals surface area (Å²) in [6.07, 6.45) is 4.47. The van der Waals surface area contributed by atoms with E-state index in [2.05, 4.69) is 94.6 Å². The van der Waals surface area contributed by atoms with Gasteiger partial charge in [0.2, 0.25) is 5.91 Å². The Hall–Kier alpha value is -3.37. The smallest absolute Gasteiger partial charge is 0.226 e. The lowest BCUT2D eigenvalue weighted by molar-refractivity contribution is -0.118. The van der Waals surface area contributed by atoms with Crippen LogP contribution in [0.1, 0.15) is 49.3 Å². The maximum absolute atomic E-state index is 12.1. The van der Waals surface area contributed by atoms with Gasteiger partial charge >= 0.3 is 0 Å². The minimum absolute atomic E-state index is 0.0118. The van der Waals surface area contributed by atoms with E-state index < -0.39 is 0 Å².